The van der Waals surface area contributed by atoms with Gasteiger partial charge in [0, 0.05) is 11.9 Å². The van der Waals surface area contributed by atoms with Gasteiger partial charge in [-0.25, -0.2) is 0 Å². The maximum Gasteiger partial charge on any atom is 0.267 e. The summed E-state index contributed by atoms with van der Waals surface area (Å²) in [6.07, 6.45) is 1.24. The van der Waals surface area contributed by atoms with Crippen LogP contribution in [0.5, 0.6) is 0 Å². The van der Waals surface area contributed by atoms with E-state index in [2.05, 4.69) is 10.6 Å². The number of nitrogens with zero attached hydrogens (tertiary/aromatic N) is 1. The molecular weight excluding hydrogens is 371 g/mol. The summed E-state index contributed by atoms with van der Waals surface area (Å²) in [6, 6.07) is 11.4. The summed E-state index contributed by atoms with van der Waals surface area (Å²) in [5.41, 5.74) is 6.73. The monoisotopic (exact) mass is 380 g/mol. The molecule has 0 atom stereocenters. The molecule has 2 aromatic carbocycles. The third-order valence-corrected chi connectivity index (χ3v) is 4.09. The number of benzene rings is 2. The van der Waals surface area contributed by atoms with E-state index in [0.29, 0.717) is 32.1 Å². The lowest BCUT2D eigenvalue weighted by atomic mass is 10.2. The van der Waals surface area contributed by atoms with Crippen LogP contribution in [0.3, 0.4) is 0 Å². The highest BCUT2D eigenvalue weighted by Crippen LogP contribution is 2.29. The molecule has 5 nitrogen and oxygen atoms in total. The van der Waals surface area contributed by atoms with Crippen LogP contribution in [0.4, 0.5) is 17.1 Å². The standard InChI is InChI=1S/C16H11Cl3N4O/c17-11-2-1-3-14(15(11)19)22-8-9(7-20)16(24)23-10-4-5-13(21)12(18)6-10/h1-6,8,22H,21H2,(H,23,24)/b9-8-. The number of amides is 1. The molecule has 1 amide bonds. The number of rotatable bonds is 4. The number of hydrogen-bond acceptors (Lipinski definition) is 4. The number of hydrogen-bond donors (Lipinski definition) is 3. The van der Waals surface area contributed by atoms with Gasteiger partial charge in [0.05, 0.1) is 26.4 Å². The van der Waals surface area contributed by atoms with E-state index in [4.69, 9.17) is 45.8 Å². The zero-order valence-corrected chi connectivity index (χ0v) is 14.4. The molecule has 8 heteroatoms. The van der Waals surface area contributed by atoms with Crippen LogP contribution in [0.2, 0.25) is 15.1 Å². The van der Waals surface area contributed by atoms with Gasteiger partial charge in [0.1, 0.15) is 11.6 Å². The molecule has 0 spiro atoms. The molecule has 24 heavy (non-hydrogen) atoms. The predicted octanol–water partition coefficient (Wildman–Crippen LogP) is 4.69. The van der Waals surface area contributed by atoms with E-state index in [9.17, 15) is 4.79 Å². The van der Waals surface area contributed by atoms with Gasteiger partial charge in [0.25, 0.3) is 5.91 Å². The second-order valence-corrected chi connectivity index (χ2v) is 5.80. The van der Waals surface area contributed by atoms with Crippen LogP contribution >= 0.6 is 34.8 Å². The van der Waals surface area contributed by atoms with Crippen LogP contribution in [0.25, 0.3) is 0 Å². The highest BCUT2D eigenvalue weighted by molar-refractivity contribution is 6.43. The van der Waals surface area contributed by atoms with E-state index in [-0.39, 0.29) is 5.57 Å². The number of carbonyl (C=O) groups is 1. The van der Waals surface area contributed by atoms with E-state index >= 15 is 0 Å². The summed E-state index contributed by atoms with van der Waals surface area (Å²) in [4.78, 5) is 12.1. The van der Waals surface area contributed by atoms with E-state index in [1.54, 1.807) is 36.4 Å². The molecule has 0 aliphatic carbocycles. The summed E-state index contributed by atoms with van der Waals surface area (Å²) in [5.74, 6) is -0.607. The van der Waals surface area contributed by atoms with Crippen LogP contribution in [0.1, 0.15) is 0 Å². The average molecular weight is 382 g/mol. The van der Waals surface area contributed by atoms with Crippen molar-refractivity contribution < 1.29 is 4.79 Å². The number of nitriles is 1. The fraction of sp³-hybridized carbons (Fsp3) is 0. The Hall–Kier alpha value is -2.39. The van der Waals surface area contributed by atoms with Gasteiger partial charge in [0.15, 0.2) is 0 Å². The minimum atomic E-state index is -0.607. The van der Waals surface area contributed by atoms with Crippen molar-refractivity contribution in [1.82, 2.24) is 0 Å². The Labute approximate surface area is 153 Å². The molecule has 0 fully saturated rings. The molecule has 2 rings (SSSR count). The fourth-order valence-corrected chi connectivity index (χ4v) is 2.25. The molecule has 0 unspecified atom stereocenters. The van der Waals surface area contributed by atoms with E-state index in [1.165, 1.54) is 12.3 Å². The van der Waals surface area contributed by atoms with Crippen molar-refractivity contribution in [2.24, 2.45) is 0 Å². The van der Waals surface area contributed by atoms with Crippen molar-refractivity contribution in [3.8, 4) is 6.07 Å². The number of anilines is 3. The van der Waals surface area contributed by atoms with Gasteiger partial charge >= 0.3 is 0 Å². The average Bonchev–Trinajstić information content (AvgIpc) is 2.55. The highest BCUT2D eigenvalue weighted by atomic mass is 35.5. The molecule has 0 heterocycles. The Morgan fingerprint density at radius 1 is 1.17 bits per heavy atom. The lowest BCUT2D eigenvalue weighted by Gasteiger charge is -2.08. The molecule has 0 aliphatic rings. The zero-order valence-electron chi connectivity index (χ0n) is 12.1. The Balaban J connectivity index is 2.15. The molecule has 0 radical (unpaired) electrons. The first kappa shape index (κ1) is 18.0. The van der Waals surface area contributed by atoms with Crippen molar-refractivity contribution >= 4 is 57.8 Å². The van der Waals surface area contributed by atoms with Crippen molar-refractivity contribution in [3.05, 3.63) is 63.2 Å². The molecule has 0 aliphatic heterocycles. The third-order valence-electron chi connectivity index (χ3n) is 2.95. The topological polar surface area (TPSA) is 90.9 Å². The lowest BCUT2D eigenvalue weighted by molar-refractivity contribution is -0.112. The molecule has 0 bridgehead atoms. The van der Waals surface area contributed by atoms with Crippen LogP contribution in [-0.2, 0) is 4.79 Å². The van der Waals surface area contributed by atoms with E-state index < -0.39 is 5.91 Å². The minimum absolute atomic E-state index is 0.154. The summed E-state index contributed by atoms with van der Waals surface area (Å²) in [7, 11) is 0. The molecular formula is C16H11Cl3N4O. The third kappa shape index (κ3) is 4.33. The Morgan fingerprint density at radius 2 is 1.92 bits per heavy atom. The van der Waals surface area contributed by atoms with Gasteiger partial charge in [-0.15, -0.1) is 0 Å². The first-order valence-corrected chi connectivity index (χ1v) is 7.73. The quantitative estimate of drug-likeness (QED) is 0.407. The van der Waals surface area contributed by atoms with Gasteiger partial charge in [-0.2, -0.15) is 5.26 Å². The van der Waals surface area contributed by atoms with Crippen molar-refractivity contribution in [2.75, 3.05) is 16.4 Å². The minimum Gasteiger partial charge on any atom is -0.398 e. The van der Waals surface area contributed by atoms with Crippen LogP contribution < -0.4 is 16.4 Å². The summed E-state index contributed by atoms with van der Waals surface area (Å²) >= 11 is 17.8. The van der Waals surface area contributed by atoms with E-state index in [0.717, 1.165) is 0 Å². The lowest BCUT2D eigenvalue weighted by Crippen LogP contribution is -2.14. The van der Waals surface area contributed by atoms with Crippen LogP contribution in [-0.4, -0.2) is 5.91 Å². The smallest absolute Gasteiger partial charge is 0.267 e. The first-order chi connectivity index (χ1) is 11.4. The summed E-state index contributed by atoms with van der Waals surface area (Å²) in [6.45, 7) is 0. The Kier molecular flexibility index (Phi) is 5.93. The summed E-state index contributed by atoms with van der Waals surface area (Å²) in [5, 5.41) is 15.4. The Bertz CT molecular complexity index is 859. The van der Waals surface area contributed by atoms with Crippen LogP contribution in [0, 0.1) is 11.3 Å². The SMILES string of the molecule is N#C/C(=C/Nc1cccc(Cl)c1Cl)C(=O)Nc1ccc(N)c(Cl)c1. The summed E-state index contributed by atoms with van der Waals surface area (Å²) < 4.78 is 0. The highest BCUT2D eigenvalue weighted by Gasteiger charge is 2.11. The zero-order chi connectivity index (χ0) is 17.7. The normalized spacial score (nSPS) is 10.8. The van der Waals surface area contributed by atoms with Gasteiger partial charge in [0.2, 0.25) is 0 Å². The van der Waals surface area contributed by atoms with Crippen molar-refractivity contribution in [2.45, 2.75) is 0 Å². The van der Waals surface area contributed by atoms with Crippen molar-refractivity contribution in [3.63, 3.8) is 0 Å². The largest absolute Gasteiger partial charge is 0.398 e. The van der Waals surface area contributed by atoms with Crippen LogP contribution in [0.15, 0.2) is 48.2 Å². The molecule has 122 valence electrons. The second kappa shape index (κ2) is 7.93. The first-order valence-electron chi connectivity index (χ1n) is 6.59. The molecule has 0 saturated heterocycles. The molecule has 0 aromatic heterocycles. The number of carbonyl (C=O) groups excluding carboxylic acids is 1. The number of halogens is 3. The number of nitrogens with one attached hydrogen (secondary N) is 2. The van der Waals surface area contributed by atoms with Crippen molar-refractivity contribution in [1.29, 1.82) is 5.26 Å². The van der Waals surface area contributed by atoms with Gasteiger partial charge < -0.3 is 16.4 Å². The number of nitrogens with two attached hydrogens (primary N) is 1. The maximum absolute atomic E-state index is 12.1. The molecule has 4 N–H and O–H groups in total. The molecule has 2 aromatic rings. The second-order valence-electron chi connectivity index (χ2n) is 4.61. The predicted molar refractivity (Wildman–Crippen MR) is 98.3 cm³/mol. The Morgan fingerprint density at radius 3 is 2.58 bits per heavy atom. The number of nitrogen functional groups attached to an aromatic ring is 1. The maximum atomic E-state index is 12.1. The van der Waals surface area contributed by atoms with Gasteiger partial charge in [-0.05, 0) is 30.3 Å². The van der Waals surface area contributed by atoms with Gasteiger partial charge in [-0.1, -0.05) is 40.9 Å². The fourth-order valence-electron chi connectivity index (χ4n) is 1.72. The van der Waals surface area contributed by atoms with E-state index in [1.807, 2.05) is 0 Å². The molecule has 0 saturated carbocycles. The van der Waals surface area contributed by atoms with Gasteiger partial charge in [-0.3, -0.25) is 4.79 Å².